The van der Waals surface area contributed by atoms with Crippen molar-refractivity contribution in [1.29, 1.82) is 0 Å². The Bertz CT molecular complexity index is 231. The molecule has 0 aliphatic heterocycles. The molecule has 114 valence electrons. The van der Waals surface area contributed by atoms with Crippen LogP contribution in [0.15, 0.2) is 0 Å². The quantitative estimate of drug-likeness (QED) is 0.552. The third-order valence-corrected chi connectivity index (χ3v) is 4.06. The molecular formula is C16H34N2O. The lowest BCUT2D eigenvalue weighted by molar-refractivity contribution is 0.0897. The Hall–Kier alpha value is -0.120. The minimum atomic E-state index is 0.402. The lowest BCUT2D eigenvalue weighted by atomic mass is 9.84. The lowest BCUT2D eigenvalue weighted by Crippen LogP contribution is -2.43. The van der Waals surface area contributed by atoms with Crippen LogP contribution in [0.1, 0.15) is 53.4 Å². The van der Waals surface area contributed by atoms with Crippen molar-refractivity contribution in [2.75, 3.05) is 39.4 Å². The van der Waals surface area contributed by atoms with Crippen LogP contribution < -0.4 is 5.32 Å². The summed E-state index contributed by atoms with van der Waals surface area (Å²) in [5, 5.41) is 3.72. The van der Waals surface area contributed by atoms with E-state index in [4.69, 9.17) is 4.74 Å². The number of nitrogens with one attached hydrogen (secondary N) is 1. The molecule has 1 aliphatic carbocycles. The molecule has 1 fully saturated rings. The van der Waals surface area contributed by atoms with Gasteiger partial charge in [-0.25, -0.2) is 0 Å². The van der Waals surface area contributed by atoms with E-state index in [1.807, 2.05) is 0 Å². The van der Waals surface area contributed by atoms with E-state index in [1.165, 1.54) is 32.2 Å². The summed E-state index contributed by atoms with van der Waals surface area (Å²) in [5.74, 6) is 0. The Morgan fingerprint density at radius 1 is 1.26 bits per heavy atom. The highest BCUT2D eigenvalue weighted by Gasteiger charge is 2.29. The zero-order valence-electron chi connectivity index (χ0n) is 13.5. The molecule has 1 atom stereocenters. The highest BCUT2D eigenvalue weighted by molar-refractivity contribution is 4.87. The first-order valence-electron chi connectivity index (χ1n) is 8.17. The van der Waals surface area contributed by atoms with Crippen LogP contribution in [-0.4, -0.2) is 50.3 Å². The van der Waals surface area contributed by atoms with Gasteiger partial charge in [-0.2, -0.15) is 0 Å². The molecule has 0 aromatic heterocycles. The van der Waals surface area contributed by atoms with Crippen molar-refractivity contribution in [3.05, 3.63) is 0 Å². The molecule has 0 amide bonds. The van der Waals surface area contributed by atoms with Crippen molar-refractivity contribution in [2.45, 2.75) is 59.4 Å². The number of rotatable bonds is 12. The number of hydrogen-bond acceptors (Lipinski definition) is 3. The number of ether oxygens (including phenoxy) is 1. The van der Waals surface area contributed by atoms with Gasteiger partial charge >= 0.3 is 0 Å². The molecule has 0 spiro atoms. The normalized spacial score (nSPS) is 18.8. The van der Waals surface area contributed by atoms with Gasteiger partial charge in [0.25, 0.3) is 0 Å². The van der Waals surface area contributed by atoms with Crippen LogP contribution >= 0.6 is 0 Å². The van der Waals surface area contributed by atoms with Gasteiger partial charge in [0, 0.05) is 32.3 Å². The summed E-state index contributed by atoms with van der Waals surface area (Å²) in [4.78, 5) is 2.54. The van der Waals surface area contributed by atoms with E-state index in [2.05, 4.69) is 37.9 Å². The first-order valence-corrected chi connectivity index (χ1v) is 8.17. The molecule has 1 N–H and O–H groups in total. The Morgan fingerprint density at radius 3 is 2.53 bits per heavy atom. The van der Waals surface area contributed by atoms with E-state index in [0.29, 0.717) is 5.41 Å². The van der Waals surface area contributed by atoms with Crippen molar-refractivity contribution >= 4 is 0 Å². The van der Waals surface area contributed by atoms with Gasteiger partial charge in [-0.15, -0.1) is 0 Å². The molecule has 0 saturated heterocycles. The second kappa shape index (κ2) is 8.93. The fraction of sp³-hybridized carbons (Fsp3) is 1.00. The van der Waals surface area contributed by atoms with Gasteiger partial charge in [-0.1, -0.05) is 27.2 Å². The second-order valence-corrected chi connectivity index (χ2v) is 6.28. The summed E-state index contributed by atoms with van der Waals surface area (Å²) in [6.07, 6.45) is 5.33. The van der Waals surface area contributed by atoms with Gasteiger partial charge in [-0.05, 0) is 38.1 Å². The SMILES string of the molecule is CCCC(C)(CNC1CC1)CN(CC)CCOCC. The fourth-order valence-corrected chi connectivity index (χ4v) is 2.73. The smallest absolute Gasteiger partial charge is 0.0593 e. The first kappa shape index (κ1) is 16.9. The van der Waals surface area contributed by atoms with E-state index in [0.717, 1.165) is 38.9 Å². The minimum Gasteiger partial charge on any atom is -0.380 e. The second-order valence-electron chi connectivity index (χ2n) is 6.28. The van der Waals surface area contributed by atoms with Gasteiger partial charge in [0.1, 0.15) is 0 Å². The average Bonchev–Trinajstić information content (AvgIpc) is 3.20. The zero-order chi connectivity index (χ0) is 14.1. The summed E-state index contributed by atoms with van der Waals surface area (Å²) in [6, 6.07) is 0.815. The van der Waals surface area contributed by atoms with E-state index >= 15 is 0 Å². The van der Waals surface area contributed by atoms with Crippen LogP contribution in [0.4, 0.5) is 0 Å². The van der Waals surface area contributed by atoms with Crippen LogP contribution in [-0.2, 0) is 4.74 Å². The third kappa shape index (κ3) is 7.28. The molecule has 1 aliphatic rings. The average molecular weight is 270 g/mol. The van der Waals surface area contributed by atoms with Crippen molar-refractivity contribution in [3.8, 4) is 0 Å². The Morgan fingerprint density at radius 2 is 2.00 bits per heavy atom. The summed E-state index contributed by atoms with van der Waals surface area (Å²) < 4.78 is 5.49. The largest absolute Gasteiger partial charge is 0.380 e. The maximum Gasteiger partial charge on any atom is 0.0593 e. The molecule has 1 unspecified atom stereocenters. The summed E-state index contributed by atoms with van der Waals surface area (Å²) in [5.41, 5.74) is 0.402. The molecule has 0 aromatic rings. The highest BCUT2D eigenvalue weighted by atomic mass is 16.5. The number of likely N-dealkylation sites (N-methyl/N-ethyl adjacent to an activating group) is 1. The standard InChI is InChI=1S/C16H34N2O/c1-5-10-16(4,13-17-15-8-9-15)14-18(6-2)11-12-19-7-3/h15,17H,5-14H2,1-4H3. The summed E-state index contributed by atoms with van der Waals surface area (Å²) in [7, 11) is 0. The Labute approximate surface area is 120 Å². The Balaban J connectivity index is 2.37. The molecule has 3 heteroatoms. The van der Waals surface area contributed by atoms with E-state index in [1.54, 1.807) is 0 Å². The monoisotopic (exact) mass is 270 g/mol. The predicted octanol–water partition coefficient (Wildman–Crippen LogP) is 2.90. The van der Waals surface area contributed by atoms with Crippen molar-refractivity contribution in [2.24, 2.45) is 5.41 Å². The van der Waals surface area contributed by atoms with Gasteiger partial charge in [-0.3, -0.25) is 0 Å². The fourth-order valence-electron chi connectivity index (χ4n) is 2.73. The molecular weight excluding hydrogens is 236 g/mol. The molecule has 1 rings (SSSR count). The minimum absolute atomic E-state index is 0.402. The van der Waals surface area contributed by atoms with Crippen molar-refractivity contribution in [3.63, 3.8) is 0 Å². The maximum absolute atomic E-state index is 5.49. The molecule has 1 saturated carbocycles. The predicted molar refractivity (Wildman–Crippen MR) is 82.6 cm³/mol. The van der Waals surface area contributed by atoms with Crippen molar-refractivity contribution in [1.82, 2.24) is 10.2 Å². The van der Waals surface area contributed by atoms with E-state index in [-0.39, 0.29) is 0 Å². The molecule has 0 radical (unpaired) electrons. The van der Waals surface area contributed by atoms with Crippen LogP contribution in [0.5, 0.6) is 0 Å². The van der Waals surface area contributed by atoms with Gasteiger partial charge in [0.05, 0.1) is 6.61 Å². The van der Waals surface area contributed by atoms with Gasteiger partial charge < -0.3 is 15.0 Å². The third-order valence-electron chi connectivity index (χ3n) is 4.06. The zero-order valence-corrected chi connectivity index (χ0v) is 13.5. The summed E-state index contributed by atoms with van der Waals surface area (Å²) in [6.45, 7) is 15.3. The molecule has 0 heterocycles. The Kier molecular flexibility index (Phi) is 7.96. The number of nitrogens with zero attached hydrogens (tertiary/aromatic N) is 1. The van der Waals surface area contributed by atoms with Crippen LogP contribution in [0.25, 0.3) is 0 Å². The van der Waals surface area contributed by atoms with Crippen LogP contribution in [0.3, 0.4) is 0 Å². The molecule has 0 bridgehead atoms. The molecule has 3 nitrogen and oxygen atoms in total. The van der Waals surface area contributed by atoms with Crippen molar-refractivity contribution < 1.29 is 4.74 Å². The topological polar surface area (TPSA) is 24.5 Å². The molecule has 0 aromatic carbocycles. The molecule has 19 heavy (non-hydrogen) atoms. The van der Waals surface area contributed by atoms with Gasteiger partial charge in [0.15, 0.2) is 0 Å². The van der Waals surface area contributed by atoms with Gasteiger partial charge in [0.2, 0.25) is 0 Å². The lowest BCUT2D eigenvalue weighted by Gasteiger charge is -2.35. The van der Waals surface area contributed by atoms with Crippen LogP contribution in [0.2, 0.25) is 0 Å². The number of hydrogen-bond donors (Lipinski definition) is 1. The summed E-state index contributed by atoms with van der Waals surface area (Å²) >= 11 is 0. The first-order chi connectivity index (χ1) is 9.13. The van der Waals surface area contributed by atoms with E-state index < -0.39 is 0 Å². The van der Waals surface area contributed by atoms with Crippen LogP contribution in [0, 0.1) is 5.41 Å². The van der Waals surface area contributed by atoms with E-state index in [9.17, 15) is 0 Å². The highest BCUT2D eigenvalue weighted by Crippen LogP contribution is 2.26. The maximum atomic E-state index is 5.49.